The average Bonchev–Trinajstić information content (AvgIpc) is 2.30. The molecule has 0 amide bonds. The van der Waals surface area contributed by atoms with E-state index in [1.807, 2.05) is 30.3 Å². The van der Waals surface area contributed by atoms with Gasteiger partial charge in [-0.05, 0) is 17.7 Å². The Balaban J connectivity index is 2.22. The van der Waals surface area contributed by atoms with Gasteiger partial charge in [0.05, 0.1) is 13.2 Å². The lowest BCUT2D eigenvalue weighted by Gasteiger charge is -2.06. The van der Waals surface area contributed by atoms with E-state index in [0.29, 0.717) is 13.2 Å². The molecule has 15 heavy (non-hydrogen) atoms. The smallest absolute Gasteiger partial charge is 0.119 e. The quantitative estimate of drug-likeness (QED) is 0.560. The molecule has 0 saturated heterocycles. The largest absolute Gasteiger partial charge is 0.491 e. The third-order valence-corrected chi connectivity index (χ3v) is 2.16. The SMILES string of the molecule is C=Cc1ccc(OCCOCCBr)cc1. The highest BCUT2D eigenvalue weighted by molar-refractivity contribution is 9.09. The molecule has 0 aliphatic carbocycles. The third kappa shape index (κ3) is 5.00. The van der Waals surface area contributed by atoms with Gasteiger partial charge in [0.2, 0.25) is 0 Å². The number of alkyl halides is 1. The Labute approximate surface area is 99.0 Å². The third-order valence-electron chi connectivity index (χ3n) is 1.83. The molecule has 1 aromatic rings. The van der Waals surface area contributed by atoms with Crippen molar-refractivity contribution in [1.82, 2.24) is 0 Å². The molecule has 3 heteroatoms. The van der Waals surface area contributed by atoms with E-state index in [4.69, 9.17) is 9.47 Å². The minimum absolute atomic E-state index is 0.584. The van der Waals surface area contributed by atoms with Gasteiger partial charge in [0.25, 0.3) is 0 Å². The van der Waals surface area contributed by atoms with Crippen LogP contribution in [0.2, 0.25) is 0 Å². The van der Waals surface area contributed by atoms with Crippen molar-refractivity contribution < 1.29 is 9.47 Å². The van der Waals surface area contributed by atoms with Crippen LogP contribution in [0, 0.1) is 0 Å². The van der Waals surface area contributed by atoms with Crippen LogP contribution in [0.4, 0.5) is 0 Å². The van der Waals surface area contributed by atoms with Gasteiger partial charge in [-0.15, -0.1) is 0 Å². The molecule has 0 aliphatic rings. The predicted octanol–water partition coefficient (Wildman–Crippen LogP) is 3.12. The van der Waals surface area contributed by atoms with E-state index in [0.717, 1.165) is 23.2 Å². The van der Waals surface area contributed by atoms with E-state index in [1.165, 1.54) is 0 Å². The molecule has 1 aromatic carbocycles. The number of halogens is 1. The van der Waals surface area contributed by atoms with Gasteiger partial charge in [0.1, 0.15) is 12.4 Å². The molecular weight excluding hydrogens is 256 g/mol. The number of benzene rings is 1. The van der Waals surface area contributed by atoms with Gasteiger partial charge >= 0.3 is 0 Å². The summed E-state index contributed by atoms with van der Waals surface area (Å²) in [4.78, 5) is 0. The first kappa shape index (κ1) is 12.3. The normalized spacial score (nSPS) is 9.93. The summed E-state index contributed by atoms with van der Waals surface area (Å²) in [6, 6.07) is 7.81. The first-order chi connectivity index (χ1) is 7.36. The van der Waals surface area contributed by atoms with E-state index in [1.54, 1.807) is 0 Å². The Morgan fingerprint density at radius 3 is 2.47 bits per heavy atom. The highest BCUT2D eigenvalue weighted by atomic mass is 79.9. The molecule has 0 aromatic heterocycles. The van der Waals surface area contributed by atoms with Crippen LogP contribution in [-0.2, 0) is 4.74 Å². The van der Waals surface area contributed by atoms with Crippen LogP contribution in [0.3, 0.4) is 0 Å². The molecule has 0 radical (unpaired) electrons. The zero-order valence-electron chi connectivity index (χ0n) is 8.62. The lowest BCUT2D eigenvalue weighted by Crippen LogP contribution is -2.07. The maximum Gasteiger partial charge on any atom is 0.119 e. The fraction of sp³-hybridized carbons (Fsp3) is 0.333. The van der Waals surface area contributed by atoms with Crippen LogP contribution in [0.5, 0.6) is 5.75 Å². The predicted molar refractivity (Wildman–Crippen MR) is 66.6 cm³/mol. The van der Waals surface area contributed by atoms with Crippen LogP contribution >= 0.6 is 15.9 Å². The van der Waals surface area contributed by atoms with Crippen molar-refractivity contribution in [3.8, 4) is 5.75 Å². The second-order valence-electron chi connectivity index (χ2n) is 2.92. The summed E-state index contributed by atoms with van der Waals surface area (Å²) >= 11 is 3.29. The Morgan fingerprint density at radius 2 is 1.87 bits per heavy atom. The Hall–Kier alpha value is -0.800. The molecule has 1 rings (SSSR count). The lowest BCUT2D eigenvalue weighted by molar-refractivity contribution is 0.112. The first-order valence-electron chi connectivity index (χ1n) is 4.86. The van der Waals surface area contributed by atoms with E-state index in [2.05, 4.69) is 22.5 Å². The number of rotatable bonds is 7. The van der Waals surface area contributed by atoms with Crippen LogP contribution in [0.25, 0.3) is 6.08 Å². The summed E-state index contributed by atoms with van der Waals surface area (Å²) in [7, 11) is 0. The van der Waals surface area contributed by atoms with Crippen molar-refractivity contribution in [2.45, 2.75) is 0 Å². The van der Waals surface area contributed by atoms with Crippen LogP contribution < -0.4 is 4.74 Å². The molecular formula is C12H15BrO2. The Morgan fingerprint density at radius 1 is 1.13 bits per heavy atom. The van der Waals surface area contributed by atoms with Gasteiger partial charge in [0, 0.05) is 5.33 Å². The molecule has 0 unspecified atom stereocenters. The van der Waals surface area contributed by atoms with Crippen molar-refractivity contribution in [3.63, 3.8) is 0 Å². The van der Waals surface area contributed by atoms with E-state index >= 15 is 0 Å². The van der Waals surface area contributed by atoms with Crippen molar-refractivity contribution >= 4 is 22.0 Å². The van der Waals surface area contributed by atoms with Gasteiger partial charge < -0.3 is 9.47 Å². The van der Waals surface area contributed by atoms with Crippen molar-refractivity contribution in [1.29, 1.82) is 0 Å². The molecule has 0 spiro atoms. The Bertz CT molecular complexity index is 282. The monoisotopic (exact) mass is 270 g/mol. The van der Waals surface area contributed by atoms with Gasteiger partial charge in [-0.1, -0.05) is 40.7 Å². The molecule has 0 saturated carbocycles. The maximum atomic E-state index is 5.48. The van der Waals surface area contributed by atoms with E-state index < -0.39 is 0 Å². The molecule has 2 nitrogen and oxygen atoms in total. The van der Waals surface area contributed by atoms with Gasteiger partial charge in [0.15, 0.2) is 0 Å². The summed E-state index contributed by atoms with van der Waals surface area (Å²) in [6.45, 7) is 5.62. The Kier molecular flexibility index (Phi) is 6.12. The highest BCUT2D eigenvalue weighted by Gasteiger charge is 1.93. The molecule has 0 heterocycles. The molecule has 0 N–H and O–H groups in total. The summed E-state index contributed by atoms with van der Waals surface area (Å²) in [5, 5.41) is 0.862. The van der Waals surface area contributed by atoms with Gasteiger partial charge in [-0.2, -0.15) is 0 Å². The average molecular weight is 271 g/mol. The van der Waals surface area contributed by atoms with Gasteiger partial charge in [-0.3, -0.25) is 0 Å². The molecule has 0 atom stereocenters. The fourth-order valence-electron chi connectivity index (χ4n) is 1.08. The second-order valence-corrected chi connectivity index (χ2v) is 3.72. The van der Waals surface area contributed by atoms with Crippen LogP contribution in [0.1, 0.15) is 5.56 Å². The molecule has 0 aliphatic heterocycles. The van der Waals surface area contributed by atoms with Crippen LogP contribution in [0.15, 0.2) is 30.8 Å². The molecule has 0 fully saturated rings. The standard InChI is InChI=1S/C12H15BrO2/c1-2-11-3-5-12(6-4-11)15-10-9-14-8-7-13/h2-6H,1,7-10H2. The molecule has 0 bridgehead atoms. The zero-order chi connectivity index (χ0) is 10.9. The second kappa shape index (κ2) is 7.49. The summed E-state index contributed by atoms with van der Waals surface area (Å²) in [5.74, 6) is 0.864. The van der Waals surface area contributed by atoms with Crippen molar-refractivity contribution in [2.75, 3.05) is 25.2 Å². The van der Waals surface area contributed by atoms with E-state index in [9.17, 15) is 0 Å². The molecule has 82 valence electrons. The van der Waals surface area contributed by atoms with Crippen molar-refractivity contribution in [2.24, 2.45) is 0 Å². The van der Waals surface area contributed by atoms with Crippen molar-refractivity contribution in [3.05, 3.63) is 36.4 Å². The van der Waals surface area contributed by atoms with E-state index in [-0.39, 0.29) is 0 Å². The summed E-state index contributed by atoms with van der Waals surface area (Å²) in [5.41, 5.74) is 1.10. The minimum atomic E-state index is 0.584. The lowest BCUT2D eigenvalue weighted by atomic mass is 10.2. The minimum Gasteiger partial charge on any atom is -0.491 e. The first-order valence-corrected chi connectivity index (χ1v) is 5.98. The summed E-state index contributed by atoms with van der Waals surface area (Å²) in [6.07, 6.45) is 1.81. The van der Waals surface area contributed by atoms with Gasteiger partial charge in [-0.25, -0.2) is 0 Å². The fourth-order valence-corrected chi connectivity index (χ4v) is 1.30. The zero-order valence-corrected chi connectivity index (χ0v) is 10.2. The number of hydrogen-bond donors (Lipinski definition) is 0. The van der Waals surface area contributed by atoms with Crippen LogP contribution in [-0.4, -0.2) is 25.2 Å². The summed E-state index contributed by atoms with van der Waals surface area (Å²) < 4.78 is 10.7. The topological polar surface area (TPSA) is 18.5 Å². The highest BCUT2D eigenvalue weighted by Crippen LogP contribution is 2.12. The maximum absolute atomic E-state index is 5.48. The number of hydrogen-bond acceptors (Lipinski definition) is 2. The number of ether oxygens (including phenoxy) is 2.